The quantitative estimate of drug-likeness (QED) is 0.456. The van der Waals surface area contributed by atoms with Gasteiger partial charge in [-0.3, -0.25) is 9.59 Å². The van der Waals surface area contributed by atoms with Gasteiger partial charge >= 0.3 is 0 Å². The zero-order valence-electron chi connectivity index (χ0n) is 7.62. The van der Waals surface area contributed by atoms with Crippen molar-refractivity contribution in [2.45, 2.75) is 13.8 Å². The zero-order valence-corrected chi connectivity index (χ0v) is 10.0. The van der Waals surface area contributed by atoms with Crippen LogP contribution >= 0.6 is 0 Å². The molecule has 0 rings (SSSR count). The Morgan fingerprint density at radius 2 is 1.00 bits per heavy atom. The van der Waals surface area contributed by atoms with Crippen LogP contribution in [0.25, 0.3) is 0 Å². The van der Waals surface area contributed by atoms with Crippen molar-refractivity contribution in [1.82, 2.24) is 0 Å². The molecule has 0 unspecified atom stereocenters. The van der Waals surface area contributed by atoms with E-state index in [4.69, 9.17) is 30.0 Å². The third kappa shape index (κ3) is 1200. The van der Waals surface area contributed by atoms with Crippen LogP contribution in [-0.2, 0) is 49.0 Å². The van der Waals surface area contributed by atoms with Gasteiger partial charge in [0.2, 0.25) is 0 Å². The van der Waals surface area contributed by atoms with E-state index < -0.39 is 11.9 Å². The fraction of sp³-hybridized carbons (Fsp3) is 0.667. The molecule has 2 radical (unpaired) electrons. The van der Waals surface area contributed by atoms with Crippen molar-refractivity contribution < 1.29 is 69.5 Å². The van der Waals surface area contributed by atoms with E-state index in [0.717, 1.165) is 13.8 Å². The molecule has 0 atom stereocenters. The Kier molecular flexibility index (Phi) is 61.0. The molecule has 14 heavy (non-hydrogen) atoms. The molecule has 8 heteroatoms. The minimum atomic E-state index is -0.833. The van der Waals surface area contributed by atoms with Crippen molar-refractivity contribution in [2.24, 2.45) is 0 Å². The Morgan fingerprint density at radius 1 is 0.929 bits per heavy atom. The van der Waals surface area contributed by atoms with Gasteiger partial charge in [0.25, 0.3) is 11.9 Å². The van der Waals surface area contributed by atoms with Crippen molar-refractivity contribution in [2.75, 3.05) is 13.2 Å². The van der Waals surface area contributed by atoms with Crippen LogP contribution < -0.4 is 0 Å². The molecule has 0 amide bonds. The first-order chi connectivity index (χ1) is 5.38. The minimum absolute atomic E-state index is 0. The predicted molar refractivity (Wildman–Crippen MR) is 40.8 cm³/mol. The third-order valence-electron chi connectivity index (χ3n) is 0.1000. The maximum atomic E-state index is 9.00. The van der Waals surface area contributed by atoms with Gasteiger partial charge in [0.1, 0.15) is 0 Å². The topological polar surface area (TPSA) is 115 Å². The first-order valence-corrected chi connectivity index (χ1v) is 2.99. The van der Waals surface area contributed by atoms with Gasteiger partial charge < -0.3 is 20.4 Å². The first-order valence-electron chi connectivity index (χ1n) is 2.99. The first kappa shape index (κ1) is 29.2. The number of hydrogen-bond acceptors (Lipinski definition) is 4. The molecule has 0 aromatic carbocycles. The van der Waals surface area contributed by atoms with Crippen LogP contribution in [0.15, 0.2) is 0 Å². The Hall–Kier alpha value is 0.120. The van der Waals surface area contributed by atoms with Crippen LogP contribution in [0.5, 0.6) is 0 Å². The van der Waals surface area contributed by atoms with Crippen molar-refractivity contribution in [1.29, 1.82) is 0 Å². The molecule has 4 N–H and O–H groups in total. The second-order valence-electron chi connectivity index (χ2n) is 1.49. The predicted octanol–water partition coefficient (Wildman–Crippen LogP) is -0.852. The number of aliphatic carboxylic acids is 2. The van der Waals surface area contributed by atoms with Crippen LogP contribution in [0.2, 0.25) is 0 Å². The standard InChI is InChI=1S/2C2H4O2.C2H6O2.Ag.Cu/c2*1-2(3)4;3-1-2-4;;/h2*1H3,(H,3,4);3-4H,1-2H2;;. The number of hydrogen-bond donors (Lipinski definition) is 4. The van der Waals surface area contributed by atoms with E-state index in [2.05, 4.69) is 0 Å². The Bertz CT molecular complexity index is 98.9. The van der Waals surface area contributed by atoms with E-state index in [0.29, 0.717) is 0 Å². The second kappa shape index (κ2) is 29.2. The fourth-order valence-corrected chi connectivity index (χ4v) is 0. The fourth-order valence-electron chi connectivity index (χ4n) is 0. The van der Waals surface area contributed by atoms with Gasteiger partial charge in [0.15, 0.2) is 0 Å². The molecule has 0 heterocycles. The summed E-state index contributed by atoms with van der Waals surface area (Å²) in [4.78, 5) is 18.0. The SMILES string of the molecule is CC(=O)O.CC(=O)O.OCCO.[Ag].[Cu]. The Balaban J connectivity index is -0.0000000270. The van der Waals surface area contributed by atoms with E-state index in [1.807, 2.05) is 0 Å². The molecule has 0 aliphatic rings. The average molecular weight is 354 g/mol. The van der Waals surface area contributed by atoms with Crippen LogP contribution in [0.3, 0.4) is 0 Å². The number of carboxylic acid groups (broad SMARTS) is 2. The van der Waals surface area contributed by atoms with Gasteiger partial charge in [-0.05, 0) is 0 Å². The number of rotatable bonds is 1. The molecule has 0 fully saturated rings. The molecular formula is C6H14AgCuO6. The Labute approximate surface area is 108 Å². The zero-order chi connectivity index (χ0) is 10.6. The molecular weight excluding hydrogens is 339 g/mol. The number of aliphatic hydroxyl groups is 2. The van der Waals surface area contributed by atoms with E-state index in [1.165, 1.54) is 0 Å². The van der Waals surface area contributed by atoms with E-state index in [9.17, 15) is 0 Å². The normalized spacial score (nSPS) is 5.71. The molecule has 96 valence electrons. The molecule has 0 saturated heterocycles. The molecule has 0 aromatic rings. The maximum Gasteiger partial charge on any atom is 0.300 e. The molecule has 0 spiro atoms. The summed E-state index contributed by atoms with van der Waals surface area (Å²) in [5.41, 5.74) is 0. The average Bonchev–Trinajstić information content (AvgIpc) is 1.85. The van der Waals surface area contributed by atoms with Crippen molar-refractivity contribution in [3.63, 3.8) is 0 Å². The summed E-state index contributed by atoms with van der Waals surface area (Å²) in [6, 6.07) is 0. The monoisotopic (exact) mass is 352 g/mol. The van der Waals surface area contributed by atoms with Gasteiger partial charge in [-0.15, -0.1) is 0 Å². The summed E-state index contributed by atoms with van der Waals surface area (Å²) in [5.74, 6) is -1.67. The molecule has 0 bridgehead atoms. The molecule has 6 nitrogen and oxygen atoms in total. The van der Waals surface area contributed by atoms with Gasteiger partial charge in [-0.1, -0.05) is 0 Å². The largest absolute Gasteiger partial charge is 0.481 e. The van der Waals surface area contributed by atoms with Gasteiger partial charge in [0.05, 0.1) is 13.2 Å². The van der Waals surface area contributed by atoms with E-state index in [-0.39, 0.29) is 52.7 Å². The minimum Gasteiger partial charge on any atom is -0.481 e. The smallest absolute Gasteiger partial charge is 0.300 e. The molecule has 0 saturated carbocycles. The second-order valence-corrected chi connectivity index (χ2v) is 1.49. The molecule has 0 aliphatic heterocycles. The molecule has 0 aromatic heterocycles. The Morgan fingerprint density at radius 3 is 1.00 bits per heavy atom. The van der Waals surface area contributed by atoms with Gasteiger partial charge in [-0.2, -0.15) is 0 Å². The van der Waals surface area contributed by atoms with Crippen molar-refractivity contribution >= 4 is 11.9 Å². The van der Waals surface area contributed by atoms with Crippen molar-refractivity contribution in [3.8, 4) is 0 Å². The van der Waals surface area contributed by atoms with Crippen LogP contribution in [-0.4, -0.2) is 45.6 Å². The van der Waals surface area contributed by atoms with Crippen LogP contribution in [0.4, 0.5) is 0 Å². The van der Waals surface area contributed by atoms with Crippen LogP contribution in [0.1, 0.15) is 13.8 Å². The third-order valence-corrected chi connectivity index (χ3v) is 0.1000. The van der Waals surface area contributed by atoms with Crippen LogP contribution in [0, 0.1) is 0 Å². The van der Waals surface area contributed by atoms with Gasteiger partial charge in [-0.25, -0.2) is 0 Å². The van der Waals surface area contributed by atoms with E-state index in [1.54, 1.807) is 0 Å². The summed E-state index contributed by atoms with van der Waals surface area (Å²) < 4.78 is 0. The van der Waals surface area contributed by atoms with Gasteiger partial charge in [0, 0.05) is 53.3 Å². The number of aliphatic hydroxyl groups excluding tert-OH is 2. The summed E-state index contributed by atoms with van der Waals surface area (Å²) in [5, 5.41) is 30.1. The summed E-state index contributed by atoms with van der Waals surface area (Å²) in [7, 11) is 0. The number of carboxylic acids is 2. The summed E-state index contributed by atoms with van der Waals surface area (Å²) >= 11 is 0. The molecule has 0 aliphatic carbocycles. The number of carbonyl (C=O) groups is 2. The summed E-state index contributed by atoms with van der Waals surface area (Å²) in [6.07, 6.45) is 0. The maximum absolute atomic E-state index is 9.00. The summed E-state index contributed by atoms with van der Waals surface area (Å²) in [6.45, 7) is 1.92. The van der Waals surface area contributed by atoms with Crippen molar-refractivity contribution in [3.05, 3.63) is 0 Å². The van der Waals surface area contributed by atoms with E-state index >= 15 is 0 Å².